The van der Waals surface area contributed by atoms with E-state index in [1.54, 1.807) is 12.1 Å². The van der Waals surface area contributed by atoms with Gasteiger partial charge < -0.3 is 9.47 Å². The van der Waals surface area contributed by atoms with Crippen LogP contribution < -0.4 is 9.47 Å². The lowest BCUT2D eigenvalue weighted by Gasteiger charge is -2.35. The molecule has 0 aromatic carbocycles. The average molecular weight is 416 g/mol. The van der Waals surface area contributed by atoms with Crippen LogP contribution in [0.1, 0.15) is 84.0 Å². The summed E-state index contributed by atoms with van der Waals surface area (Å²) in [6.07, 6.45) is 17.9. The van der Waals surface area contributed by atoms with Gasteiger partial charge in [0, 0.05) is 6.07 Å². The Morgan fingerprint density at radius 3 is 2.40 bits per heavy atom. The summed E-state index contributed by atoms with van der Waals surface area (Å²) < 4.78 is 25.7. The summed E-state index contributed by atoms with van der Waals surface area (Å²) in [5, 5.41) is 0. The Balaban J connectivity index is 1.21. The van der Waals surface area contributed by atoms with E-state index in [9.17, 15) is 4.39 Å². The molecule has 0 saturated heterocycles. The van der Waals surface area contributed by atoms with Gasteiger partial charge >= 0.3 is 0 Å². The lowest BCUT2D eigenvalue weighted by molar-refractivity contribution is 0.187. The number of pyridine rings is 1. The zero-order valence-electron chi connectivity index (χ0n) is 18.6. The lowest BCUT2D eigenvalue weighted by Crippen LogP contribution is -2.23. The van der Waals surface area contributed by atoms with Crippen LogP contribution in [0, 0.1) is 29.6 Å². The summed E-state index contributed by atoms with van der Waals surface area (Å²) in [6, 6.07) is 3.38. The highest BCUT2D eigenvalue weighted by Gasteiger charge is 2.28. The van der Waals surface area contributed by atoms with E-state index in [0.29, 0.717) is 25.0 Å². The van der Waals surface area contributed by atoms with Crippen LogP contribution in [0.15, 0.2) is 23.8 Å². The van der Waals surface area contributed by atoms with Crippen molar-refractivity contribution in [2.45, 2.75) is 84.0 Å². The van der Waals surface area contributed by atoms with Crippen molar-refractivity contribution in [1.82, 2.24) is 4.98 Å². The first-order valence-corrected chi connectivity index (χ1v) is 12.3. The lowest BCUT2D eigenvalue weighted by atomic mass is 9.71. The summed E-state index contributed by atoms with van der Waals surface area (Å²) in [4.78, 5) is 3.97. The molecule has 4 heteroatoms. The molecule has 2 fully saturated rings. The molecule has 0 spiro atoms. The predicted octanol–water partition coefficient (Wildman–Crippen LogP) is 7.11. The fraction of sp³-hybridized carbons (Fsp3) is 0.731. The molecule has 3 aliphatic carbocycles. The van der Waals surface area contributed by atoms with Gasteiger partial charge in [0.2, 0.25) is 5.88 Å². The molecule has 0 N–H and O–H groups in total. The third-order valence-corrected chi connectivity index (χ3v) is 7.82. The number of hydrogen-bond acceptors (Lipinski definition) is 3. The summed E-state index contributed by atoms with van der Waals surface area (Å²) in [5.41, 5.74) is 1.33. The van der Waals surface area contributed by atoms with Gasteiger partial charge in [-0.3, -0.25) is 0 Å². The topological polar surface area (TPSA) is 31.4 Å². The van der Waals surface area contributed by atoms with Crippen LogP contribution in [0.25, 0.3) is 0 Å². The zero-order valence-corrected chi connectivity index (χ0v) is 18.6. The summed E-state index contributed by atoms with van der Waals surface area (Å²) in [6.45, 7) is 3.44. The van der Waals surface area contributed by atoms with E-state index in [0.717, 1.165) is 24.2 Å². The molecule has 1 heterocycles. The average Bonchev–Trinajstić information content (AvgIpc) is 3.31. The Morgan fingerprint density at radius 2 is 1.73 bits per heavy atom. The second-order valence-electron chi connectivity index (χ2n) is 9.77. The molecule has 3 aliphatic rings. The molecule has 1 aromatic heterocycles. The smallest absolute Gasteiger partial charge is 0.258 e. The van der Waals surface area contributed by atoms with Crippen LogP contribution in [0.2, 0.25) is 0 Å². The van der Waals surface area contributed by atoms with Gasteiger partial charge in [-0.25, -0.2) is 0 Å². The Labute approximate surface area is 181 Å². The van der Waals surface area contributed by atoms with Gasteiger partial charge in [0.25, 0.3) is 5.95 Å². The maximum atomic E-state index is 14.3. The van der Waals surface area contributed by atoms with Crippen molar-refractivity contribution >= 4 is 0 Å². The van der Waals surface area contributed by atoms with Crippen LogP contribution >= 0.6 is 0 Å². The molecule has 0 amide bonds. The van der Waals surface area contributed by atoms with E-state index >= 15 is 0 Å². The summed E-state index contributed by atoms with van der Waals surface area (Å²) in [7, 11) is 0. The van der Waals surface area contributed by atoms with Crippen LogP contribution in [-0.4, -0.2) is 18.2 Å². The maximum absolute atomic E-state index is 14.3. The maximum Gasteiger partial charge on any atom is 0.258 e. The Morgan fingerprint density at radius 1 is 0.933 bits per heavy atom. The van der Waals surface area contributed by atoms with Crippen LogP contribution in [0.4, 0.5) is 4.39 Å². The van der Waals surface area contributed by atoms with Crippen molar-refractivity contribution in [3.63, 3.8) is 0 Å². The molecule has 0 bridgehead atoms. The summed E-state index contributed by atoms with van der Waals surface area (Å²) in [5.74, 6) is 3.32. The van der Waals surface area contributed by atoms with E-state index in [1.165, 1.54) is 76.2 Å². The molecular formula is C26H38FNO2. The zero-order chi connectivity index (χ0) is 20.8. The van der Waals surface area contributed by atoms with Gasteiger partial charge in [-0.2, -0.15) is 9.37 Å². The van der Waals surface area contributed by atoms with Crippen LogP contribution in [0.5, 0.6) is 11.6 Å². The molecule has 0 aliphatic heterocycles. The molecule has 166 valence electrons. The molecule has 1 unspecified atom stereocenters. The number of nitrogens with zero attached hydrogens (tertiary/aromatic N) is 1. The minimum atomic E-state index is -0.564. The predicted molar refractivity (Wildman–Crippen MR) is 118 cm³/mol. The van der Waals surface area contributed by atoms with Crippen molar-refractivity contribution < 1.29 is 13.9 Å². The second-order valence-corrected chi connectivity index (χ2v) is 9.77. The Bertz CT molecular complexity index is 705. The minimum absolute atomic E-state index is 0.242. The number of halogens is 1. The molecule has 3 nitrogen and oxygen atoms in total. The molecule has 30 heavy (non-hydrogen) atoms. The molecular weight excluding hydrogens is 377 g/mol. The van der Waals surface area contributed by atoms with Gasteiger partial charge in [0.05, 0.1) is 6.61 Å². The third kappa shape index (κ3) is 5.76. The van der Waals surface area contributed by atoms with Crippen LogP contribution in [-0.2, 0) is 0 Å². The highest BCUT2D eigenvalue weighted by Crippen LogP contribution is 2.40. The second kappa shape index (κ2) is 10.6. The van der Waals surface area contributed by atoms with Crippen molar-refractivity contribution in [1.29, 1.82) is 0 Å². The van der Waals surface area contributed by atoms with Crippen LogP contribution in [0.3, 0.4) is 0 Å². The van der Waals surface area contributed by atoms with Gasteiger partial charge in [0.1, 0.15) is 6.61 Å². The molecule has 1 aromatic rings. The van der Waals surface area contributed by atoms with E-state index in [-0.39, 0.29) is 5.75 Å². The molecule has 1 atom stereocenters. The number of rotatable bonds is 8. The van der Waals surface area contributed by atoms with Gasteiger partial charge in [-0.15, -0.1) is 0 Å². The van der Waals surface area contributed by atoms with E-state index < -0.39 is 5.95 Å². The number of ether oxygens (including phenoxy) is 2. The van der Waals surface area contributed by atoms with Crippen molar-refractivity contribution in [2.24, 2.45) is 23.7 Å². The normalized spacial score (nSPS) is 27.7. The van der Waals surface area contributed by atoms with Crippen molar-refractivity contribution in [2.75, 3.05) is 13.2 Å². The number of aromatic nitrogens is 1. The monoisotopic (exact) mass is 415 g/mol. The van der Waals surface area contributed by atoms with Gasteiger partial charge in [0.15, 0.2) is 5.75 Å². The van der Waals surface area contributed by atoms with Gasteiger partial charge in [-0.05, 0) is 80.3 Å². The molecule has 0 radical (unpaired) electrons. The fourth-order valence-electron chi connectivity index (χ4n) is 5.68. The van der Waals surface area contributed by atoms with Crippen molar-refractivity contribution in [3.8, 4) is 11.6 Å². The number of hydrogen-bond donors (Lipinski definition) is 0. The fourth-order valence-corrected chi connectivity index (χ4v) is 5.68. The Hall–Kier alpha value is -1.58. The Kier molecular flexibility index (Phi) is 7.67. The van der Waals surface area contributed by atoms with E-state index in [4.69, 9.17) is 9.47 Å². The number of allylic oxidation sites excluding steroid dienone is 1. The van der Waals surface area contributed by atoms with E-state index in [2.05, 4.69) is 18.0 Å². The van der Waals surface area contributed by atoms with Crippen molar-refractivity contribution in [3.05, 3.63) is 29.7 Å². The summed E-state index contributed by atoms with van der Waals surface area (Å²) >= 11 is 0. The first kappa shape index (κ1) is 21.6. The molecule has 4 rings (SSSR count). The highest BCUT2D eigenvalue weighted by atomic mass is 19.1. The largest absolute Gasteiger partial charge is 0.488 e. The highest BCUT2D eigenvalue weighted by molar-refractivity contribution is 5.25. The standard InChI is InChI=1S/C26H38FNO2/c1-2-19-7-11-22(12-8-19)23-13-9-21(10-14-23)18-30-25-16-15-24(26(27)28-25)29-17-20-5-3-4-6-20/h9,15-16,19-20,22-23H,2-8,10-14,17-18H2,1H3. The SMILES string of the molecule is CCC1CCC(C2CC=C(COc3ccc(OCC4CCCC4)c(F)n3)CC2)CC1. The van der Waals surface area contributed by atoms with Gasteiger partial charge in [-0.1, -0.05) is 45.1 Å². The first-order valence-electron chi connectivity index (χ1n) is 12.3. The molecule has 2 saturated carbocycles. The third-order valence-electron chi connectivity index (χ3n) is 7.82. The minimum Gasteiger partial charge on any atom is -0.488 e. The first-order chi connectivity index (χ1) is 14.7. The van der Waals surface area contributed by atoms with E-state index in [1.807, 2.05) is 0 Å². The quantitative estimate of drug-likeness (QED) is 0.335.